The van der Waals surface area contributed by atoms with Crippen LogP contribution < -0.4 is 14.4 Å². The smallest absolute Gasteiger partial charge is 0.261 e. The van der Waals surface area contributed by atoms with Gasteiger partial charge in [-0.2, -0.15) is 0 Å². The van der Waals surface area contributed by atoms with Crippen molar-refractivity contribution < 1.29 is 23.1 Å². The third-order valence-corrected chi connectivity index (χ3v) is 7.02. The number of sulfonamides is 1. The molecule has 4 rings (SSSR count). The molecule has 34 heavy (non-hydrogen) atoms. The summed E-state index contributed by atoms with van der Waals surface area (Å²) in [5.74, 6) is 0.730. The Bertz CT molecular complexity index is 1240. The normalized spacial score (nSPS) is 14.0. The van der Waals surface area contributed by atoms with Crippen LogP contribution in [0.1, 0.15) is 17.3 Å². The molecule has 1 amide bonds. The molecule has 0 bridgehead atoms. The minimum Gasteiger partial charge on any atom is -0.506 e. The molecule has 178 valence electrons. The lowest BCUT2D eigenvalue weighted by atomic mass is 10.1. The molecule has 0 aliphatic carbocycles. The van der Waals surface area contributed by atoms with Crippen molar-refractivity contribution in [3.05, 3.63) is 78.4 Å². The fourth-order valence-electron chi connectivity index (χ4n) is 3.84. The summed E-state index contributed by atoms with van der Waals surface area (Å²) < 4.78 is 33.4. The second kappa shape index (κ2) is 10.0. The van der Waals surface area contributed by atoms with Gasteiger partial charge in [0.25, 0.3) is 15.9 Å². The van der Waals surface area contributed by atoms with E-state index in [1.165, 1.54) is 24.3 Å². The quantitative estimate of drug-likeness (QED) is 0.536. The van der Waals surface area contributed by atoms with E-state index < -0.39 is 10.0 Å². The summed E-state index contributed by atoms with van der Waals surface area (Å²) in [4.78, 5) is 16.8. The van der Waals surface area contributed by atoms with Crippen molar-refractivity contribution in [2.75, 3.05) is 42.4 Å². The molecule has 3 aromatic rings. The van der Waals surface area contributed by atoms with Crippen LogP contribution in [-0.2, 0) is 10.0 Å². The summed E-state index contributed by atoms with van der Waals surface area (Å²) in [7, 11) is -3.79. The number of phenols is 1. The molecule has 0 atom stereocenters. The molecule has 1 aliphatic rings. The van der Waals surface area contributed by atoms with Crippen LogP contribution in [0.5, 0.6) is 11.5 Å². The SMILES string of the molecule is CCOc1ccc(NS(=O)(=O)c2ccc(C(=O)N3CCN(c4ccccc4O)CC3)cc2)cc1. The maximum Gasteiger partial charge on any atom is 0.261 e. The van der Waals surface area contributed by atoms with Gasteiger partial charge >= 0.3 is 0 Å². The van der Waals surface area contributed by atoms with Crippen LogP contribution in [0.4, 0.5) is 11.4 Å². The molecule has 3 aromatic carbocycles. The summed E-state index contributed by atoms with van der Waals surface area (Å²) in [5.41, 5.74) is 1.60. The van der Waals surface area contributed by atoms with Gasteiger partial charge in [-0.25, -0.2) is 8.42 Å². The van der Waals surface area contributed by atoms with Gasteiger partial charge in [-0.3, -0.25) is 9.52 Å². The molecule has 1 heterocycles. The van der Waals surface area contributed by atoms with Gasteiger partial charge in [-0.15, -0.1) is 0 Å². The lowest BCUT2D eigenvalue weighted by Crippen LogP contribution is -2.48. The number of hydrogen-bond donors (Lipinski definition) is 2. The van der Waals surface area contributed by atoms with Crippen molar-refractivity contribution >= 4 is 27.3 Å². The number of phenolic OH excluding ortho intramolecular Hbond substituents is 1. The van der Waals surface area contributed by atoms with Crippen LogP contribution in [0.2, 0.25) is 0 Å². The van der Waals surface area contributed by atoms with E-state index >= 15 is 0 Å². The molecule has 1 fully saturated rings. The Balaban J connectivity index is 1.38. The highest BCUT2D eigenvalue weighted by molar-refractivity contribution is 7.92. The number of carbonyl (C=O) groups is 1. The average molecular weight is 482 g/mol. The summed E-state index contributed by atoms with van der Waals surface area (Å²) >= 11 is 0. The van der Waals surface area contributed by atoms with Crippen molar-refractivity contribution in [3.63, 3.8) is 0 Å². The fourth-order valence-corrected chi connectivity index (χ4v) is 4.90. The summed E-state index contributed by atoms with van der Waals surface area (Å²) in [6, 6.07) is 19.7. The fraction of sp³-hybridized carbons (Fsp3) is 0.240. The first-order chi connectivity index (χ1) is 16.4. The molecule has 1 aliphatic heterocycles. The molecular weight excluding hydrogens is 454 g/mol. The second-order valence-corrected chi connectivity index (χ2v) is 9.54. The van der Waals surface area contributed by atoms with Gasteiger partial charge in [0, 0.05) is 37.4 Å². The number of nitrogens with one attached hydrogen (secondary N) is 1. The number of carbonyl (C=O) groups excluding carboxylic acids is 1. The van der Waals surface area contributed by atoms with E-state index in [9.17, 15) is 18.3 Å². The first kappa shape index (κ1) is 23.4. The van der Waals surface area contributed by atoms with E-state index in [4.69, 9.17) is 4.74 Å². The Kier molecular flexibility index (Phi) is 6.93. The zero-order valence-corrected chi connectivity index (χ0v) is 19.7. The van der Waals surface area contributed by atoms with Gasteiger partial charge in [0.15, 0.2) is 0 Å². The first-order valence-electron chi connectivity index (χ1n) is 11.1. The molecule has 0 spiro atoms. The van der Waals surface area contributed by atoms with E-state index in [0.717, 1.165) is 5.69 Å². The number of rotatable bonds is 7. The van der Waals surface area contributed by atoms with Crippen molar-refractivity contribution in [3.8, 4) is 11.5 Å². The lowest BCUT2D eigenvalue weighted by Gasteiger charge is -2.36. The number of aromatic hydroxyl groups is 1. The van der Waals surface area contributed by atoms with Gasteiger partial charge in [0.1, 0.15) is 11.5 Å². The molecule has 0 unspecified atom stereocenters. The van der Waals surface area contributed by atoms with Crippen LogP contribution in [0, 0.1) is 0 Å². The molecule has 9 heteroatoms. The lowest BCUT2D eigenvalue weighted by molar-refractivity contribution is 0.0746. The summed E-state index contributed by atoms with van der Waals surface area (Å²) in [6.45, 7) is 4.62. The Morgan fingerprint density at radius 2 is 1.59 bits per heavy atom. The van der Waals surface area contributed by atoms with E-state index in [1.807, 2.05) is 24.0 Å². The van der Waals surface area contributed by atoms with Gasteiger partial charge in [0.2, 0.25) is 0 Å². The number of nitrogens with zero attached hydrogens (tertiary/aromatic N) is 2. The molecular formula is C25H27N3O5S. The van der Waals surface area contributed by atoms with Crippen LogP contribution >= 0.6 is 0 Å². The van der Waals surface area contributed by atoms with Crippen molar-refractivity contribution in [1.82, 2.24) is 4.90 Å². The predicted molar refractivity (Wildman–Crippen MR) is 131 cm³/mol. The van der Waals surface area contributed by atoms with Gasteiger partial charge in [-0.1, -0.05) is 12.1 Å². The molecule has 1 saturated heterocycles. The Hall–Kier alpha value is -3.72. The third-order valence-electron chi connectivity index (χ3n) is 5.62. The standard InChI is InChI=1S/C25H27N3O5S/c1-2-33-21-11-9-20(10-12-21)26-34(31,32)22-13-7-19(8-14-22)25(30)28-17-15-27(16-18-28)23-5-3-4-6-24(23)29/h3-14,26,29H,2,15-18H2,1H3. The number of anilines is 2. The highest BCUT2D eigenvalue weighted by Gasteiger charge is 2.24. The maximum atomic E-state index is 12.9. The molecule has 0 saturated carbocycles. The Morgan fingerprint density at radius 3 is 2.21 bits per heavy atom. The Morgan fingerprint density at radius 1 is 0.941 bits per heavy atom. The summed E-state index contributed by atoms with van der Waals surface area (Å²) in [6.07, 6.45) is 0. The number of benzene rings is 3. The highest BCUT2D eigenvalue weighted by Crippen LogP contribution is 2.27. The van der Waals surface area contributed by atoms with Gasteiger partial charge in [0.05, 0.1) is 17.2 Å². The maximum absolute atomic E-state index is 12.9. The second-order valence-electron chi connectivity index (χ2n) is 7.86. The van der Waals surface area contributed by atoms with Crippen molar-refractivity contribution in [2.24, 2.45) is 0 Å². The van der Waals surface area contributed by atoms with Crippen LogP contribution in [-0.4, -0.2) is 57.1 Å². The van der Waals surface area contributed by atoms with E-state index in [2.05, 4.69) is 4.72 Å². The van der Waals surface area contributed by atoms with E-state index in [1.54, 1.807) is 41.3 Å². The minimum absolute atomic E-state index is 0.0716. The van der Waals surface area contributed by atoms with Crippen LogP contribution in [0.3, 0.4) is 0 Å². The minimum atomic E-state index is -3.79. The first-order valence-corrected chi connectivity index (χ1v) is 12.5. The van der Waals surface area contributed by atoms with E-state index in [-0.39, 0.29) is 16.6 Å². The summed E-state index contributed by atoms with van der Waals surface area (Å²) in [5, 5.41) is 10.1. The average Bonchev–Trinajstić information content (AvgIpc) is 2.85. The number of ether oxygens (including phenoxy) is 1. The van der Waals surface area contributed by atoms with Crippen LogP contribution in [0.25, 0.3) is 0 Å². The van der Waals surface area contributed by atoms with Gasteiger partial charge < -0.3 is 19.6 Å². The molecule has 0 radical (unpaired) electrons. The zero-order valence-electron chi connectivity index (χ0n) is 18.8. The predicted octanol–water partition coefficient (Wildman–Crippen LogP) is 3.55. The monoisotopic (exact) mass is 481 g/mol. The van der Waals surface area contributed by atoms with E-state index in [0.29, 0.717) is 49.8 Å². The van der Waals surface area contributed by atoms with Gasteiger partial charge in [-0.05, 0) is 67.6 Å². The van der Waals surface area contributed by atoms with Crippen molar-refractivity contribution in [2.45, 2.75) is 11.8 Å². The number of amides is 1. The number of piperazine rings is 1. The van der Waals surface area contributed by atoms with Crippen molar-refractivity contribution in [1.29, 1.82) is 0 Å². The Labute approximate surface area is 199 Å². The number of para-hydroxylation sites is 2. The number of hydrogen-bond acceptors (Lipinski definition) is 6. The van der Waals surface area contributed by atoms with Crippen LogP contribution in [0.15, 0.2) is 77.7 Å². The molecule has 8 nitrogen and oxygen atoms in total. The molecule has 2 N–H and O–H groups in total. The zero-order chi connectivity index (χ0) is 24.1. The highest BCUT2D eigenvalue weighted by atomic mass is 32.2. The third kappa shape index (κ3) is 5.26. The topological polar surface area (TPSA) is 99.2 Å². The largest absolute Gasteiger partial charge is 0.506 e. The molecule has 0 aromatic heterocycles.